The van der Waals surface area contributed by atoms with E-state index in [0.29, 0.717) is 5.41 Å². The van der Waals surface area contributed by atoms with Crippen LogP contribution in [-0.2, 0) is 12.8 Å². The zero-order valence-corrected chi connectivity index (χ0v) is 15.9. The van der Waals surface area contributed by atoms with Gasteiger partial charge in [-0.15, -0.1) is 0 Å². The zero-order valence-electron chi connectivity index (χ0n) is 15.9. The van der Waals surface area contributed by atoms with Gasteiger partial charge in [-0.2, -0.15) is 0 Å². The van der Waals surface area contributed by atoms with Crippen molar-refractivity contribution in [3.05, 3.63) is 59.7 Å². The molecule has 1 saturated heterocycles. The number of hydrogen-bond acceptors (Lipinski definition) is 3. The lowest BCUT2D eigenvalue weighted by molar-refractivity contribution is 0.0737. The highest BCUT2D eigenvalue weighted by Crippen LogP contribution is 2.38. The van der Waals surface area contributed by atoms with Crippen molar-refractivity contribution in [3.8, 4) is 11.5 Å². The van der Waals surface area contributed by atoms with E-state index in [4.69, 9.17) is 9.47 Å². The summed E-state index contributed by atoms with van der Waals surface area (Å²) >= 11 is 0. The number of piperidine rings is 1. The molecule has 0 N–H and O–H groups in total. The number of fused-ring (bicyclic) bond motifs is 1. The molecule has 0 radical (unpaired) electrons. The van der Waals surface area contributed by atoms with E-state index in [1.165, 1.54) is 19.4 Å². The molecule has 0 atom stereocenters. The fraction of sp³-hybridized carbons (Fsp3) is 0.478. The first-order chi connectivity index (χ1) is 12.6. The summed E-state index contributed by atoms with van der Waals surface area (Å²) in [7, 11) is 1.70. The smallest absolute Gasteiger partial charge is 0.161 e. The number of benzene rings is 2. The van der Waals surface area contributed by atoms with Crippen LogP contribution in [0, 0.1) is 5.41 Å². The van der Waals surface area contributed by atoms with Crippen LogP contribution in [0.1, 0.15) is 30.9 Å². The van der Waals surface area contributed by atoms with Gasteiger partial charge in [0.2, 0.25) is 0 Å². The largest absolute Gasteiger partial charge is 0.493 e. The maximum Gasteiger partial charge on any atom is 0.161 e. The van der Waals surface area contributed by atoms with Crippen molar-refractivity contribution >= 4 is 0 Å². The molecule has 2 aromatic carbocycles. The van der Waals surface area contributed by atoms with Crippen molar-refractivity contribution in [1.29, 1.82) is 0 Å². The first-order valence-corrected chi connectivity index (χ1v) is 9.74. The highest BCUT2D eigenvalue weighted by molar-refractivity contribution is 5.39. The third-order valence-electron chi connectivity index (χ3n) is 5.86. The van der Waals surface area contributed by atoms with Gasteiger partial charge in [0.1, 0.15) is 6.10 Å². The lowest BCUT2D eigenvalue weighted by atomic mass is 9.86. The van der Waals surface area contributed by atoms with Crippen LogP contribution < -0.4 is 9.47 Å². The van der Waals surface area contributed by atoms with Crippen LogP contribution in [0.25, 0.3) is 0 Å². The van der Waals surface area contributed by atoms with Crippen LogP contribution in [-0.4, -0.2) is 37.7 Å². The SMILES string of the molecule is COc1ccccc1OC1CCN(CC2(C)Cc3ccccc3C2)CC1. The van der Waals surface area contributed by atoms with Crippen LogP contribution in [0.3, 0.4) is 0 Å². The van der Waals surface area contributed by atoms with E-state index in [-0.39, 0.29) is 6.10 Å². The minimum Gasteiger partial charge on any atom is -0.493 e. The molecule has 0 unspecified atom stereocenters. The van der Waals surface area contributed by atoms with E-state index >= 15 is 0 Å². The summed E-state index contributed by atoms with van der Waals surface area (Å²) in [5, 5.41) is 0. The fourth-order valence-electron chi connectivity index (χ4n) is 4.62. The Morgan fingerprint density at radius 2 is 1.50 bits per heavy atom. The Kier molecular flexibility index (Phi) is 4.90. The molecule has 26 heavy (non-hydrogen) atoms. The Balaban J connectivity index is 1.30. The molecule has 1 aliphatic carbocycles. The molecular formula is C23H29NO2. The van der Waals surface area contributed by atoms with Crippen molar-refractivity contribution in [2.75, 3.05) is 26.7 Å². The molecule has 0 aromatic heterocycles. The summed E-state index contributed by atoms with van der Waals surface area (Å²) in [6.45, 7) is 5.87. The monoisotopic (exact) mass is 351 g/mol. The molecule has 1 fully saturated rings. The Morgan fingerprint density at radius 3 is 2.12 bits per heavy atom. The molecule has 0 bridgehead atoms. The first kappa shape index (κ1) is 17.4. The summed E-state index contributed by atoms with van der Waals surface area (Å²) in [6.07, 6.45) is 4.88. The minimum atomic E-state index is 0.288. The average molecular weight is 351 g/mol. The number of methoxy groups -OCH3 is 1. The van der Waals surface area contributed by atoms with Gasteiger partial charge in [0, 0.05) is 19.6 Å². The molecule has 1 heterocycles. The van der Waals surface area contributed by atoms with Gasteiger partial charge in [-0.25, -0.2) is 0 Å². The summed E-state index contributed by atoms with van der Waals surface area (Å²) in [5.74, 6) is 1.69. The number of para-hydroxylation sites is 2. The molecule has 3 nitrogen and oxygen atoms in total. The Bertz CT molecular complexity index is 724. The standard InChI is InChI=1S/C23H29NO2/c1-23(15-18-7-3-4-8-19(18)16-23)17-24-13-11-20(12-14-24)26-22-10-6-5-9-21(22)25-2/h3-10,20H,11-17H2,1-2H3. The fourth-order valence-corrected chi connectivity index (χ4v) is 4.62. The van der Waals surface area contributed by atoms with Gasteiger partial charge >= 0.3 is 0 Å². The van der Waals surface area contributed by atoms with Gasteiger partial charge in [0.25, 0.3) is 0 Å². The number of nitrogens with zero attached hydrogens (tertiary/aromatic N) is 1. The molecule has 0 spiro atoms. The maximum atomic E-state index is 6.22. The quantitative estimate of drug-likeness (QED) is 0.800. The molecular weight excluding hydrogens is 322 g/mol. The maximum absolute atomic E-state index is 6.22. The van der Waals surface area contributed by atoms with Gasteiger partial charge in [0.05, 0.1) is 7.11 Å². The number of ether oxygens (including phenoxy) is 2. The topological polar surface area (TPSA) is 21.7 Å². The van der Waals surface area contributed by atoms with Gasteiger partial charge in [-0.3, -0.25) is 0 Å². The van der Waals surface area contributed by atoms with E-state index in [2.05, 4.69) is 36.1 Å². The predicted octanol–water partition coefficient (Wildman–Crippen LogP) is 4.34. The van der Waals surface area contributed by atoms with Gasteiger partial charge in [-0.1, -0.05) is 43.3 Å². The molecule has 138 valence electrons. The van der Waals surface area contributed by atoms with Crippen LogP contribution in [0.15, 0.2) is 48.5 Å². The Labute approximate surface area is 156 Å². The van der Waals surface area contributed by atoms with E-state index in [9.17, 15) is 0 Å². The lowest BCUT2D eigenvalue weighted by Crippen LogP contribution is -2.43. The zero-order chi connectivity index (χ0) is 18.0. The van der Waals surface area contributed by atoms with Gasteiger partial charge < -0.3 is 14.4 Å². The summed E-state index contributed by atoms with van der Waals surface area (Å²) in [4.78, 5) is 2.63. The number of rotatable bonds is 5. The highest BCUT2D eigenvalue weighted by Gasteiger charge is 2.35. The van der Waals surface area contributed by atoms with Crippen LogP contribution in [0.5, 0.6) is 11.5 Å². The number of likely N-dealkylation sites (tertiary alicyclic amines) is 1. The lowest BCUT2D eigenvalue weighted by Gasteiger charge is -2.37. The van der Waals surface area contributed by atoms with E-state index in [0.717, 1.165) is 37.4 Å². The summed E-state index contributed by atoms with van der Waals surface area (Å²) in [6, 6.07) is 16.9. The summed E-state index contributed by atoms with van der Waals surface area (Å²) < 4.78 is 11.6. The van der Waals surface area contributed by atoms with Crippen LogP contribution in [0.4, 0.5) is 0 Å². The highest BCUT2D eigenvalue weighted by atomic mass is 16.5. The molecule has 2 aromatic rings. The first-order valence-electron chi connectivity index (χ1n) is 9.74. The third-order valence-corrected chi connectivity index (χ3v) is 5.86. The molecule has 0 amide bonds. The second kappa shape index (κ2) is 7.32. The number of hydrogen-bond donors (Lipinski definition) is 0. The van der Waals surface area contributed by atoms with E-state index < -0.39 is 0 Å². The van der Waals surface area contributed by atoms with Crippen molar-refractivity contribution in [1.82, 2.24) is 4.90 Å². The van der Waals surface area contributed by atoms with Crippen molar-refractivity contribution in [2.45, 2.75) is 38.7 Å². The van der Waals surface area contributed by atoms with Gasteiger partial charge in [0.15, 0.2) is 11.5 Å². The molecule has 0 saturated carbocycles. The second-order valence-corrected chi connectivity index (χ2v) is 8.18. The minimum absolute atomic E-state index is 0.288. The van der Waals surface area contributed by atoms with Crippen LogP contribution >= 0.6 is 0 Å². The molecule has 3 heteroatoms. The van der Waals surface area contributed by atoms with Crippen LogP contribution in [0.2, 0.25) is 0 Å². The Morgan fingerprint density at radius 1 is 0.923 bits per heavy atom. The second-order valence-electron chi connectivity index (χ2n) is 8.18. The third kappa shape index (κ3) is 3.73. The summed E-state index contributed by atoms with van der Waals surface area (Å²) in [5.41, 5.74) is 3.47. The normalized spacial score (nSPS) is 19.9. The van der Waals surface area contributed by atoms with E-state index in [1.54, 1.807) is 18.2 Å². The molecule has 2 aliphatic rings. The predicted molar refractivity (Wildman–Crippen MR) is 105 cm³/mol. The van der Waals surface area contributed by atoms with Crippen molar-refractivity contribution in [3.63, 3.8) is 0 Å². The molecule has 1 aliphatic heterocycles. The Hall–Kier alpha value is -2.00. The van der Waals surface area contributed by atoms with Crippen molar-refractivity contribution < 1.29 is 9.47 Å². The van der Waals surface area contributed by atoms with Gasteiger partial charge in [-0.05, 0) is 54.4 Å². The molecule has 4 rings (SSSR count). The van der Waals surface area contributed by atoms with Crippen molar-refractivity contribution in [2.24, 2.45) is 5.41 Å². The average Bonchev–Trinajstić information content (AvgIpc) is 2.99. The van der Waals surface area contributed by atoms with E-state index in [1.807, 2.05) is 24.3 Å².